The van der Waals surface area contributed by atoms with Crippen molar-refractivity contribution in [3.8, 4) is 0 Å². The van der Waals surface area contributed by atoms with Gasteiger partial charge in [-0.2, -0.15) is 0 Å². The van der Waals surface area contributed by atoms with Gasteiger partial charge in [-0.1, -0.05) is 0 Å². The van der Waals surface area contributed by atoms with E-state index in [1.165, 1.54) is 6.33 Å². The zero-order valence-corrected chi connectivity index (χ0v) is 8.73. The Bertz CT molecular complexity index is 510. The molecule has 1 atom stereocenters. The molecule has 0 saturated carbocycles. The van der Waals surface area contributed by atoms with E-state index in [4.69, 9.17) is 5.73 Å². The van der Waals surface area contributed by atoms with Crippen LogP contribution in [0.3, 0.4) is 0 Å². The summed E-state index contributed by atoms with van der Waals surface area (Å²) >= 11 is 0. The molecule has 2 amide bonds. The van der Waals surface area contributed by atoms with E-state index in [1.54, 1.807) is 0 Å². The molecular formula is C8H9N5O4. The van der Waals surface area contributed by atoms with Crippen LogP contribution in [0.15, 0.2) is 6.33 Å². The fraction of sp³-hybridized carbons (Fsp3) is 0.250. The van der Waals surface area contributed by atoms with Crippen LogP contribution in [0.25, 0.3) is 0 Å². The van der Waals surface area contributed by atoms with Gasteiger partial charge in [0.1, 0.15) is 5.69 Å². The molecule has 1 aliphatic rings. The van der Waals surface area contributed by atoms with Gasteiger partial charge < -0.3 is 20.4 Å². The number of methoxy groups -OCH3 is 1. The van der Waals surface area contributed by atoms with Gasteiger partial charge in [0, 0.05) is 0 Å². The number of esters is 1. The van der Waals surface area contributed by atoms with E-state index in [0.29, 0.717) is 0 Å². The summed E-state index contributed by atoms with van der Waals surface area (Å²) in [7, 11) is 1.05. The van der Waals surface area contributed by atoms with Crippen molar-refractivity contribution in [3.63, 3.8) is 0 Å². The number of rotatable bonds is 1. The zero-order valence-electron chi connectivity index (χ0n) is 8.73. The molecule has 1 unspecified atom stereocenters. The van der Waals surface area contributed by atoms with E-state index in [2.05, 4.69) is 25.3 Å². The van der Waals surface area contributed by atoms with E-state index in [0.717, 1.165) is 7.11 Å². The van der Waals surface area contributed by atoms with E-state index < -0.39 is 23.4 Å². The molecule has 1 aromatic rings. The van der Waals surface area contributed by atoms with Crippen LogP contribution >= 0.6 is 0 Å². The first-order valence-electron chi connectivity index (χ1n) is 4.53. The predicted octanol–water partition coefficient (Wildman–Crippen LogP) is -2.08. The number of ether oxygens (including phenoxy) is 1. The number of imidazole rings is 1. The maximum atomic E-state index is 11.7. The van der Waals surface area contributed by atoms with Crippen molar-refractivity contribution in [2.75, 3.05) is 12.4 Å². The standard InChI is InChI=1S/C8H9N5O4/c1-17-7(16)8(9)6(15)12-4-3(5(14)13-8)10-2-11-4/h2H,9H2,1H3,(H,10,11)(H,12,15)(H,13,14). The number of anilines is 1. The third kappa shape index (κ3) is 1.52. The minimum Gasteiger partial charge on any atom is -0.466 e. The Morgan fingerprint density at radius 3 is 2.88 bits per heavy atom. The molecule has 1 aliphatic heterocycles. The van der Waals surface area contributed by atoms with E-state index in [1.807, 2.05) is 0 Å². The van der Waals surface area contributed by atoms with Crippen molar-refractivity contribution >= 4 is 23.6 Å². The van der Waals surface area contributed by atoms with Gasteiger partial charge in [0.15, 0.2) is 5.82 Å². The Balaban J connectivity index is 2.44. The highest BCUT2D eigenvalue weighted by Gasteiger charge is 2.48. The molecule has 0 fully saturated rings. The van der Waals surface area contributed by atoms with Crippen molar-refractivity contribution in [2.24, 2.45) is 5.73 Å². The van der Waals surface area contributed by atoms with Gasteiger partial charge in [-0.3, -0.25) is 15.3 Å². The molecule has 90 valence electrons. The lowest BCUT2D eigenvalue weighted by Gasteiger charge is -2.23. The maximum absolute atomic E-state index is 11.7. The third-order valence-corrected chi connectivity index (χ3v) is 2.27. The molecule has 0 spiro atoms. The highest BCUT2D eigenvalue weighted by atomic mass is 16.5. The molecule has 9 heteroatoms. The molecular weight excluding hydrogens is 230 g/mol. The monoisotopic (exact) mass is 239 g/mol. The Morgan fingerprint density at radius 2 is 2.24 bits per heavy atom. The van der Waals surface area contributed by atoms with Crippen LogP contribution in [-0.4, -0.2) is 40.5 Å². The van der Waals surface area contributed by atoms with Gasteiger partial charge in [-0.25, -0.2) is 9.78 Å². The first-order valence-corrected chi connectivity index (χ1v) is 4.53. The normalized spacial score (nSPS) is 23.2. The molecule has 0 radical (unpaired) electrons. The number of nitrogens with two attached hydrogens (primary N) is 1. The lowest BCUT2D eigenvalue weighted by atomic mass is 10.1. The van der Waals surface area contributed by atoms with Crippen LogP contribution in [-0.2, 0) is 14.3 Å². The number of carbonyl (C=O) groups excluding carboxylic acids is 3. The predicted molar refractivity (Wildman–Crippen MR) is 53.6 cm³/mol. The molecule has 0 saturated heterocycles. The quantitative estimate of drug-likeness (QED) is 0.327. The lowest BCUT2D eigenvalue weighted by Crippen LogP contribution is -2.67. The zero-order chi connectivity index (χ0) is 12.6. The minimum absolute atomic E-state index is 0.00345. The second-order valence-corrected chi connectivity index (χ2v) is 3.33. The molecule has 0 aliphatic carbocycles. The van der Waals surface area contributed by atoms with Crippen molar-refractivity contribution in [1.82, 2.24) is 15.3 Å². The van der Waals surface area contributed by atoms with Crippen molar-refractivity contribution in [3.05, 3.63) is 12.0 Å². The number of amides is 2. The maximum Gasteiger partial charge on any atom is 0.356 e. The van der Waals surface area contributed by atoms with Crippen LogP contribution in [0, 0.1) is 0 Å². The van der Waals surface area contributed by atoms with Crippen molar-refractivity contribution in [2.45, 2.75) is 5.66 Å². The SMILES string of the molecule is COC(=O)C1(N)NC(=O)c2[nH]cnc2NC1=O. The van der Waals surface area contributed by atoms with Gasteiger partial charge in [0.25, 0.3) is 17.5 Å². The topological polar surface area (TPSA) is 139 Å². The molecule has 0 bridgehead atoms. The van der Waals surface area contributed by atoms with Crippen LogP contribution in [0.1, 0.15) is 10.5 Å². The number of aromatic nitrogens is 2. The molecule has 5 N–H and O–H groups in total. The molecule has 1 aromatic heterocycles. The van der Waals surface area contributed by atoms with Crippen LogP contribution in [0.2, 0.25) is 0 Å². The number of carbonyl (C=O) groups is 3. The van der Waals surface area contributed by atoms with Gasteiger partial charge >= 0.3 is 5.97 Å². The Hall–Kier alpha value is -2.42. The highest BCUT2D eigenvalue weighted by molar-refractivity contribution is 6.18. The summed E-state index contributed by atoms with van der Waals surface area (Å²) in [6, 6.07) is 0. The largest absolute Gasteiger partial charge is 0.466 e. The average molecular weight is 239 g/mol. The number of fused-ring (bicyclic) bond motifs is 1. The van der Waals surface area contributed by atoms with Crippen molar-refractivity contribution in [1.29, 1.82) is 0 Å². The summed E-state index contributed by atoms with van der Waals surface area (Å²) in [4.78, 5) is 41.1. The summed E-state index contributed by atoms with van der Waals surface area (Å²) in [5.41, 5.74) is 3.26. The van der Waals surface area contributed by atoms with Gasteiger partial charge in [0.05, 0.1) is 13.4 Å². The molecule has 9 nitrogen and oxygen atoms in total. The highest BCUT2D eigenvalue weighted by Crippen LogP contribution is 2.16. The number of nitrogens with one attached hydrogen (secondary N) is 3. The number of hydrogen-bond acceptors (Lipinski definition) is 6. The number of nitrogens with zero attached hydrogens (tertiary/aromatic N) is 1. The summed E-state index contributed by atoms with van der Waals surface area (Å²) < 4.78 is 4.37. The third-order valence-electron chi connectivity index (χ3n) is 2.27. The smallest absolute Gasteiger partial charge is 0.356 e. The van der Waals surface area contributed by atoms with E-state index >= 15 is 0 Å². The number of H-pyrrole nitrogens is 1. The first-order chi connectivity index (χ1) is 7.99. The Morgan fingerprint density at radius 1 is 1.53 bits per heavy atom. The average Bonchev–Trinajstić information content (AvgIpc) is 2.72. The van der Waals surface area contributed by atoms with E-state index in [-0.39, 0.29) is 11.5 Å². The second-order valence-electron chi connectivity index (χ2n) is 3.33. The van der Waals surface area contributed by atoms with Crippen molar-refractivity contribution < 1.29 is 19.1 Å². The summed E-state index contributed by atoms with van der Waals surface area (Å²) in [6.07, 6.45) is 1.23. The Kier molecular flexibility index (Phi) is 2.32. The molecule has 2 heterocycles. The van der Waals surface area contributed by atoms with Crippen LogP contribution in [0.5, 0.6) is 0 Å². The number of aromatic amines is 1. The molecule has 0 aromatic carbocycles. The molecule has 17 heavy (non-hydrogen) atoms. The van der Waals surface area contributed by atoms with Crippen LogP contribution < -0.4 is 16.4 Å². The first kappa shape index (κ1) is 11.1. The van der Waals surface area contributed by atoms with Gasteiger partial charge in [-0.05, 0) is 0 Å². The van der Waals surface area contributed by atoms with Gasteiger partial charge in [-0.15, -0.1) is 0 Å². The lowest BCUT2D eigenvalue weighted by molar-refractivity contribution is -0.151. The second kappa shape index (κ2) is 3.56. The van der Waals surface area contributed by atoms with Gasteiger partial charge in [0.2, 0.25) is 0 Å². The van der Waals surface area contributed by atoms with Crippen LogP contribution in [0.4, 0.5) is 5.82 Å². The minimum atomic E-state index is -2.27. The summed E-state index contributed by atoms with van der Waals surface area (Å²) in [5, 5.41) is 4.33. The van der Waals surface area contributed by atoms with E-state index in [9.17, 15) is 14.4 Å². The Labute approximate surface area is 94.7 Å². The fourth-order valence-electron chi connectivity index (χ4n) is 1.37. The summed E-state index contributed by atoms with van der Waals surface area (Å²) in [6.45, 7) is 0. The summed E-state index contributed by atoms with van der Waals surface area (Å²) in [5.74, 6) is -2.73. The molecule has 2 rings (SSSR count). The number of hydrogen-bond donors (Lipinski definition) is 4. The fourth-order valence-corrected chi connectivity index (χ4v) is 1.37.